The molecule has 3 rings (SSSR count). The molecule has 0 saturated carbocycles. The Morgan fingerprint density at radius 2 is 1.59 bits per heavy atom. The smallest absolute Gasteiger partial charge is 0.264 e. The van der Waals surface area contributed by atoms with Crippen LogP contribution in [0.3, 0.4) is 0 Å². The number of aryl methyl sites for hydroxylation is 1. The second-order valence-corrected chi connectivity index (χ2v) is 11.8. The fourth-order valence-electron chi connectivity index (χ4n) is 4.09. The highest BCUT2D eigenvalue weighted by Gasteiger charge is 2.34. The van der Waals surface area contributed by atoms with Crippen molar-refractivity contribution in [2.45, 2.75) is 57.6 Å². The van der Waals surface area contributed by atoms with E-state index in [-0.39, 0.29) is 40.5 Å². The third kappa shape index (κ3) is 7.58. The van der Waals surface area contributed by atoms with Crippen LogP contribution in [0, 0.1) is 12.7 Å². The van der Waals surface area contributed by atoms with Crippen LogP contribution in [0.5, 0.6) is 0 Å². The molecule has 0 aliphatic rings. The summed E-state index contributed by atoms with van der Waals surface area (Å²) in [5, 5.41) is 2.98. The molecule has 2 amide bonds. The minimum atomic E-state index is -4.22. The molecule has 0 heterocycles. The van der Waals surface area contributed by atoms with Crippen molar-refractivity contribution in [1.29, 1.82) is 0 Å². The normalized spacial score (nSPS) is 12.2. The van der Waals surface area contributed by atoms with Gasteiger partial charge in [-0.3, -0.25) is 13.9 Å². The Morgan fingerprint density at radius 1 is 0.974 bits per heavy atom. The number of anilines is 1. The Hall–Kier alpha value is -3.43. The van der Waals surface area contributed by atoms with Crippen molar-refractivity contribution < 1.29 is 22.4 Å². The van der Waals surface area contributed by atoms with E-state index in [1.165, 1.54) is 47.4 Å². The summed E-state index contributed by atoms with van der Waals surface area (Å²) in [6.07, 6.45) is 0.280. The third-order valence-corrected chi connectivity index (χ3v) is 8.19. The highest BCUT2D eigenvalue weighted by Crippen LogP contribution is 2.31. The van der Waals surface area contributed by atoms with E-state index in [2.05, 4.69) is 5.32 Å². The molecule has 3 aromatic carbocycles. The van der Waals surface area contributed by atoms with Crippen LogP contribution in [0.15, 0.2) is 77.7 Å². The van der Waals surface area contributed by atoms with E-state index in [1.807, 2.05) is 20.8 Å². The van der Waals surface area contributed by atoms with E-state index >= 15 is 0 Å². The van der Waals surface area contributed by atoms with Gasteiger partial charge >= 0.3 is 0 Å². The molecular formula is C29H33ClFN3O4S. The molecule has 0 aromatic heterocycles. The Labute approximate surface area is 234 Å². The van der Waals surface area contributed by atoms with Gasteiger partial charge in [-0.05, 0) is 69.2 Å². The average molecular weight is 574 g/mol. The number of hydrogen-bond acceptors (Lipinski definition) is 4. The standard InChI is InChI=1S/C29H33ClFN3O4S/c1-5-26(29(36)32-20(2)3)33(18-22-12-14-23(31)15-13-22)28(35)19-34(27-9-7-6-8-25(27)30)39(37,38)24-16-10-21(4)11-17-24/h6-17,20,26H,5,18-19H2,1-4H3,(H,32,36)/t26-/m1/s1. The Morgan fingerprint density at radius 3 is 2.15 bits per heavy atom. The number of hydrogen-bond donors (Lipinski definition) is 1. The molecule has 1 atom stereocenters. The van der Waals surface area contributed by atoms with Crippen LogP contribution in [-0.2, 0) is 26.2 Å². The number of para-hydroxylation sites is 1. The predicted molar refractivity (Wildman–Crippen MR) is 151 cm³/mol. The van der Waals surface area contributed by atoms with Crippen LogP contribution in [0.4, 0.5) is 10.1 Å². The molecule has 0 bridgehead atoms. The molecule has 10 heteroatoms. The van der Waals surface area contributed by atoms with Crippen molar-refractivity contribution in [2.75, 3.05) is 10.8 Å². The third-order valence-electron chi connectivity index (χ3n) is 6.09. The summed E-state index contributed by atoms with van der Waals surface area (Å²) >= 11 is 6.41. The molecule has 1 N–H and O–H groups in total. The number of rotatable bonds is 11. The van der Waals surface area contributed by atoms with E-state index in [1.54, 1.807) is 37.3 Å². The maximum absolute atomic E-state index is 14.0. The lowest BCUT2D eigenvalue weighted by atomic mass is 10.1. The lowest BCUT2D eigenvalue weighted by molar-refractivity contribution is -0.140. The van der Waals surface area contributed by atoms with Crippen molar-refractivity contribution in [2.24, 2.45) is 0 Å². The molecule has 0 aliphatic heterocycles. The van der Waals surface area contributed by atoms with Crippen molar-refractivity contribution >= 4 is 39.1 Å². The number of carbonyl (C=O) groups excluding carboxylic acids is 2. The van der Waals surface area contributed by atoms with Crippen LogP contribution >= 0.6 is 11.6 Å². The zero-order valence-corrected chi connectivity index (χ0v) is 24.0. The number of amides is 2. The van der Waals surface area contributed by atoms with Crippen molar-refractivity contribution in [3.63, 3.8) is 0 Å². The zero-order valence-electron chi connectivity index (χ0n) is 22.4. The molecule has 0 unspecified atom stereocenters. The number of carbonyl (C=O) groups is 2. The van der Waals surface area contributed by atoms with Gasteiger partial charge in [0.25, 0.3) is 10.0 Å². The van der Waals surface area contributed by atoms with E-state index in [9.17, 15) is 22.4 Å². The maximum atomic E-state index is 14.0. The van der Waals surface area contributed by atoms with Gasteiger partial charge in [-0.2, -0.15) is 0 Å². The van der Waals surface area contributed by atoms with Gasteiger partial charge in [0.05, 0.1) is 15.6 Å². The molecule has 3 aromatic rings. The Bertz CT molecular complexity index is 1400. The summed E-state index contributed by atoms with van der Waals surface area (Å²) < 4.78 is 42.2. The largest absolute Gasteiger partial charge is 0.352 e. The maximum Gasteiger partial charge on any atom is 0.264 e. The number of benzene rings is 3. The predicted octanol–water partition coefficient (Wildman–Crippen LogP) is 5.31. The molecule has 39 heavy (non-hydrogen) atoms. The van der Waals surface area contributed by atoms with Gasteiger partial charge in [0.15, 0.2) is 0 Å². The Balaban J connectivity index is 2.07. The molecule has 0 spiro atoms. The number of sulfonamides is 1. The first-order valence-corrected chi connectivity index (χ1v) is 14.4. The minimum absolute atomic E-state index is 0.00417. The minimum Gasteiger partial charge on any atom is -0.352 e. The topological polar surface area (TPSA) is 86.8 Å². The van der Waals surface area contributed by atoms with E-state index < -0.39 is 34.3 Å². The first kappa shape index (κ1) is 30.1. The molecule has 7 nitrogen and oxygen atoms in total. The molecule has 0 fully saturated rings. The fraction of sp³-hybridized carbons (Fsp3) is 0.310. The summed E-state index contributed by atoms with van der Waals surface area (Å²) in [6, 6.07) is 17.2. The Kier molecular flexibility index (Phi) is 10.1. The van der Waals surface area contributed by atoms with Crippen LogP contribution < -0.4 is 9.62 Å². The van der Waals surface area contributed by atoms with Crippen molar-refractivity contribution in [3.05, 3.63) is 94.8 Å². The van der Waals surface area contributed by atoms with Gasteiger partial charge in [0.2, 0.25) is 11.8 Å². The monoisotopic (exact) mass is 573 g/mol. The van der Waals surface area contributed by atoms with E-state index in [0.717, 1.165) is 9.87 Å². The molecule has 208 valence electrons. The molecule has 0 saturated heterocycles. The fourth-order valence-corrected chi connectivity index (χ4v) is 5.81. The lowest BCUT2D eigenvalue weighted by Gasteiger charge is -2.33. The number of nitrogens with zero attached hydrogens (tertiary/aromatic N) is 2. The summed E-state index contributed by atoms with van der Waals surface area (Å²) in [4.78, 5) is 28.4. The summed E-state index contributed by atoms with van der Waals surface area (Å²) in [5.74, 6) is -1.41. The first-order valence-electron chi connectivity index (χ1n) is 12.6. The lowest BCUT2D eigenvalue weighted by Crippen LogP contribution is -2.53. The molecule has 0 radical (unpaired) electrons. The van der Waals surface area contributed by atoms with Crippen LogP contribution in [-0.4, -0.2) is 43.8 Å². The first-order chi connectivity index (χ1) is 18.4. The quantitative estimate of drug-likeness (QED) is 0.337. The highest BCUT2D eigenvalue weighted by atomic mass is 35.5. The van der Waals surface area contributed by atoms with E-state index in [0.29, 0.717) is 5.56 Å². The van der Waals surface area contributed by atoms with Crippen molar-refractivity contribution in [3.8, 4) is 0 Å². The van der Waals surface area contributed by atoms with E-state index in [4.69, 9.17) is 11.6 Å². The van der Waals surface area contributed by atoms with Crippen molar-refractivity contribution in [1.82, 2.24) is 10.2 Å². The van der Waals surface area contributed by atoms with Gasteiger partial charge in [-0.25, -0.2) is 12.8 Å². The average Bonchev–Trinajstić information content (AvgIpc) is 2.88. The van der Waals surface area contributed by atoms with Gasteiger partial charge in [0.1, 0.15) is 18.4 Å². The highest BCUT2D eigenvalue weighted by molar-refractivity contribution is 7.92. The second kappa shape index (κ2) is 13.1. The van der Waals surface area contributed by atoms with Crippen LogP contribution in [0.1, 0.15) is 38.3 Å². The summed E-state index contributed by atoms with van der Waals surface area (Å²) in [7, 11) is -4.22. The number of halogens is 2. The van der Waals surface area contributed by atoms with Gasteiger partial charge < -0.3 is 10.2 Å². The van der Waals surface area contributed by atoms with Gasteiger partial charge in [-0.1, -0.05) is 60.5 Å². The summed E-state index contributed by atoms with van der Waals surface area (Å²) in [5.41, 5.74) is 1.60. The van der Waals surface area contributed by atoms with Gasteiger partial charge in [-0.15, -0.1) is 0 Å². The zero-order chi connectivity index (χ0) is 28.7. The number of nitrogens with one attached hydrogen (secondary N) is 1. The molecule has 0 aliphatic carbocycles. The summed E-state index contributed by atoms with van der Waals surface area (Å²) in [6.45, 7) is 6.60. The SMILES string of the molecule is CC[C@H](C(=O)NC(C)C)N(Cc1ccc(F)cc1)C(=O)CN(c1ccccc1Cl)S(=O)(=O)c1ccc(C)cc1. The second-order valence-electron chi connectivity index (χ2n) is 9.51. The van der Waals surface area contributed by atoms with Crippen LogP contribution in [0.25, 0.3) is 0 Å². The van der Waals surface area contributed by atoms with Gasteiger partial charge in [0, 0.05) is 12.6 Å². The molecular weight excluding hydrogens is 541 g/mol. The van der Waals surface area contributed by atoms with Crippen LogP contribution in [0.2, 0.25) is 5.02 Å².